The number of carbonyl (C=O) groups is 2. The Bertz CT molecular complexity index is 702. The standard InChI is InChI=1S/C23H33N3O2/c24-19-11-13-20(14-12-19)26(23(28)17-9-10-17)15-18-7-3-4-8-21(18)25-22(27)16-5-1-2-6-16/h3-4,7-8,16-17,19-20H,1-2,5-6,9-15,24H2,(H,25,27). The molecule has 0 radical (unpaired) electrons. The fourth-order valence-electron chi connectivity index (χ4n) is 4.75. The first-order chi connectivity index (χ1) is 13.6. The first kappa shape index (κ1) is 19.4. The third-order valence-corrected chi connectivity index (χ3v) is 6.73. The summed E-state index contributed by atoms with van der Waals surface area (Å²) in [5, 5.41) is 3.15. The minimum Gasteiger partial charge on any atom is -0.335 e. The molecular weight excluding hydrogens is 350 g/mol. The van der Waals surface area contributed by atoms with Gasteiger partial charge in [-0.2, -0.15) is 0 Å². The summed E-state index contributed by atoms with van der Waals surface area (Å²) in [6.45, 7) is 0.580. The number of carbonyl (C=O) groups excluding carboxylic acids is 2. The molecule has 0 aromatic heterocycles. The molecule has 0 unspecified atom stereocenters. The third kappa shape index (κ3) is 4.57. The summed E-state index contributed by atoms with van der Waals surface area (Å²) in [6, 6.07) is 8.51. The molecule has 152 valence electrons. The Morgan fingerprint density at radius 2 is 1.61 bits per heavy atom. The molecule has 3 fully saturated rings. The second kappa shape index (κ2) is 8.64. The van der Waals surface area contributed by atoms with E-state index in [-0.39, 0.29) is 35.7 Å². The molecule has 3 saturated carbocycles. The Morgan fingerprint density at radius 1 is 0.929 bits per heavy atom. The van der Waals surface area contributed by atoms with Crippen molar-refractivity contribution >= 4 is 17.5 Å². The summed E-state index contributed by atoms with van der Waals surface area (Å²) in [6.07, 6.45) is 10.2. The lowest BCUT2D eigenvalue weighted by molar-refractivity contribution is -0.136. The maximum Gasteiger partial charge on any atom is 0.227 e. The van der Waals surface area contributed by atoms with E-state index in [9.17, 15) is 9.59 Å². The first-order valence-corrected chi connectivity index (χ1v) is 11.1. The lowest BCUT2D eigenvalue weighted by atomic mass is 9.90. The van der Waals surface area contributed by atoms with Crippen LogP contribution in [0.15, 0.2) is 24.3 Å². The minimum absolute atomic E-state index is 0.133. The molecule has 5 heteroatoms. The fraction of sp³-hybridized carbons (Fsp3) is 0.652. The quantitative estimate of drug-likeness (QED) is 0.784. The van der Waals surface area contributed by atoms with Gasteiger partial charge in [0.25, 0.3) is 0 Å². The van der Waals surface area contributed by atoms with Crippen molar-refractivity contribution in [2.75, 3.05) is 5.32 Å². The van der Waals surface area contributed by atoms with Crippen molar-refractivity contribution in [1.82, 2.24) is 4.90 Å². The van der Waals surface area contributed by atoms with Crippen molar-refractivity contribution in [2.24, 2.45) is 17.6 Å². The Kier molecular flexibility index (Phi) is 6.00. The lowest BCUT2D eigenvalue weighted by Gasteiger charge is -2.37. The molecule has 3 aliphatic rings. The van der Waals surface area contributed by atoms with Crippen molar-refractivity contribution in [3.8, 4) is 0 Å². The van der Waals surface area contributed by atoms with E-state index in [0.29, 0.717) is 6.54 Å². The van der Waals surface area contributed by atoms with Crippen LogP contribution in [0.25, 0.3) is 0 Å². The van der Waals surface area contributed by atoms with Gasteiger partial charge in [0.2, 0.25) is 11.8 Å². The molecule has 0 spiro atoms. The van der Waals surface area contributed by atoms with Crippen LogP contribution in [-0.2, 0) is 16.1 Å². The molecule has 5 nitrogen and oxygen atoms in total. The zero-order chi connectivity index (χ0) is 19.5. The molecule has 1 aromatic carbocycles. The van der Waals surface area contributed by atoms with E-state index in [1.54, 1.807) is 0 Å². The van der Waals surface area contributed by atoms with Crippen LogP contribution in [0, 0.1) is 11.8 Å². The Morgan fingerprint density at radius 3 is 2.29 bits per heavy atom. The number of nitrogens with zero attached hydrogens (tertiary/aromatic N) is 1. The van der Waals surface area contributed by atoms with Gasteiger partial charge >= 0.3 is 0 Å². The summed E-state index contributed by atoms with van der Waals surface area (Å²) >= 11 is 0. The maximum absolute atomic E-state index is 13.0. The highest BCUT2D eigenvalue weighted by atomic mass is 16.2. The highest BCUT2D eigenvalue weighted by Crippen LogP contribution is 2.35. The largest absolute Gasteiger partial charge is 0.335 e. The number of nitrogens with two attached hydrogens (primary N) is 1. The van der Waals surface area contributed by atoms with E-state index in [0.717, 1.165) is 75.5 Å². The van der Waals surface area contributed by atoms with E-state index in [4.69, 9.17) is 5.73 Å². The van der Waals surface area contributed by atoms with E-state index in [1.807, 2.05) is 24.3 Å². The molecule has 2 amide bonds. The Balaban J connectivity index is 1.49. The molecule has 1 aromatic rings. The van der Waals surface area contributed by atoms with Gasteiger partial charge in [-0.05, 0) is 63.0 Å². The van der Waals surface area contributed by atoms with Crippen molar-refractivity contribution in [3.63, 3.8) is 0 Å². The monoisotopic (exact) mass is 383 g/mol. The van der Waals surface area contributed by atoms with Crippen molar-refractivity contribution < 1.29 is 9.59 Å². The van der Waals surface area contributed by atoms with Gasteiger partial charge in [0.15, 0.2) is 0 Å². The Labute approximate surface area is 168 Å². The van der Waals surface area contributed by atoms with Crippen LogP contribution in [-0.4, -0.2) is 28.8 Å². The highest BCUT2D eigenvalue weighted by Gasteiger charge is 2.37. The smallest absolute Gasteiger partial charge is 0.227 e. The molecule has 3 aliphatic carbocycles. The van der Waals surface area contributed by atoms with Crippen LogP contribution in [0.3, 0.4) is 0 Å². The average molecular weight is 384 g/mol. The molecule has 0 atom stereocenters. The van der Waals surface area contributed by atoms with Crippen molar-refractivity contribution in [3.05, 3.63) is 29.8 Å². The summed E-state index contributed by atoms with van der Waals surface area (Å²) in [5.41, 5.74) is 7.99. The average Bonchev–Trinajstić information content (AvgIpc) is 3.41. The number of rotatable bonds is 6. The molecule has 0 bridgehead atoms. The maximum atomic E-state index is 13.0. The number of hydrogen-bond acceptors (Lipinski definition) is 3. The second-order valence-corrected chi connectivity index (χ2v) is 8.94. The lowest BCUT2D eigenvalue weighted by Crippen LogP contribution is -2.44. The van der Waals surface area contributed by atoms with Crippen LogP contribution < -0.4 is 11.1 Å². The van der Waals surface area contributed by atoms with Crippen molar-refractivity contribution in [2.45, 2.75) is 82.8 Å². The van der Waals surface area contributed by atoms with Gasteiger partial charge in [0, 0.05) is 36.2 Å². The van der Waals surface area contributed by atoms with E-state index in [1.165, 1.54) is 0 Å². The van der Waals surface area contributed by atoms with Crippen LogP contribution in [0.5, 0.6) is 0 Å². The Hall–Kier alpha value is -1.88. The summed E-state index contributed by atoms with van der Waals surface area (Å²) in [4.78, 5) is 27.8. The predicted octanol–water partition coefficient (Wildman–Crippen LogP) is 3.82. The molecule has 0 saturated heterocycles. The van der Waals surface area contributed by atoms with Gasteiger partial charge in [-0.1, -0.05) is 31.0 Å². The van der Waals surface area contributed by atoms with Gasteiger partial charge in [-0.3, -0.25) is 9.59 Å². The predicted molar refractivity (Wildman–Crippen MR) is 111 cm³/mol. The van der Waals surface area contributed by atoms with Gasteiger partial charge in [-0.15, -0.1) is 0 Å². The van der Waals surface area contributed by atoms with Gasteiger partial charge in [0.05, 0.1) is 0 Å². The molecule has 3 N–H and O–H groups in total. The normalized spacial score (nSPS) is 25.5. The summed E-state index contributed by atoms with van der Waals surface area (Å²) in [7, 11) is 0. The third-order valence-electron chi connectivity index (χ3n) is 6.73. The van der Waals surface area contributed by atoms with Crippen LogP contribution in [0.4, 0.5) is 5.69 Å². The van der Waals surface area contributed by atoms with Crippen LogP contribution in [0.2, 0.25) is 0 Å². The number of anilines is 1. The molecule has 0 heterocycles. The minimum atomic E-state index is 0.133. The number of amides is 2. The topological polar surface area (TPSA) is 75.4 Å². The van der Waals surface area contributed by atoms with Crippen LogP contribution in [0.1, 0.15) is 69.8 Å². The van der Waals surface area contributed by atoms with Gasteiger partial charge in [0.1, 0.15) is 0 Å². The highest BCUT2D eigenvalue weighted by molar-refractivity contribution is 5.93. The summed E-state index contributed by atoms with van der Waals surface area (Å²) in [5.74, 6) is 0.763. The second-order valence-electron chi connectivity index (χ2n) is 8.94. The SMILES string of the molecule is NC1CCC(N(Cc2ccccc2NC(=O)C2CCCC2)C(=O)C2CC2)CC1. The van der Waals surface area contributed by atoms with E-state index >= 15 is 0 Å². The number of nitrogens with one attached hydrogen (secondary N) is 1. The number of hydrogen-bond donors (Lipinski definition) is 2. The molecular formula is C23H33N3O2. The molecule has 4 rings (SSSR count). The zero-order valence-corrected chi connectivity index (χ0v) is 16.7. The number of benzene rings is 1. The first-order valence-electron chi connectivity index (χ1n) is 11.1. The van der Waals surface area contributed by atoms with Crippen LogP contribution >= 0.6 is 0 Å². The number of para-hydroxylation sites is 1. The fourth-order valence-corrected chi connectivity index (χ4v) is 4.75. The summed E-state index contributed by atoms with van der Waals surface area (Å²) < 4.78 is 0. The van der Waals surface area contributed by atoms with Crippen molar-refractivity contribution in [1.29, 1.82) is 0 Å². The molecule has 0 aliphatic heterocycles. The van der Waals surface area contributed by atoms with E-state index < -0.39 is 0 Å². The zero-order valence-electron chi connectivity index (χ0n) is 16.7. The van der Waals surface area contributed by atoms with E-state index in [2.05, 4.69) is 10.2 Å². The van der Waals surface area contributed by atoms with Gasteiger partial charge in [-0.25, -0.2) is 0 Å². The van der Waals surface area contributed by atoms with Gasteiger partial charge < -0.3 is 16.0 Å². The molecule has 28 heavy (non-hydrogen) atoms.